The van der Waals surface area contributed by atoms with Gasteiger partial charge in [0.1, 0.15) is 5.54 Å². The van der Waals surface area contributed by atoms with Gasteiger partial charge in [0, 0.05) is 18.1 Å². The van der Waals surface area contributed by atoms with E-state index < -0.39 is 35.8 Å². The monoisotopic (exact) mass is 447 g/mol. The van der Waals surface area contributed by atoms with Crippen molar-refractivity contribution in [1.29, 1.82) is 0 Å². The Hall–Kier alpha value is -2.23. The lowest BCUT2D eigenvalue weighted by Gasteiger charge is -2.17. The Kier molecular flexibility index (Phi) is 14.2. The van der Waals surface area contributed by atoms with E-state index in [0.29, 0.717) is 18.1 Å². The fourth-order valence-electron chi connectivity index (χ4n) is 0.632. The number of halogens is 6. The van der Waals surface area contributed by atoms with Gasteiger partial charge in [-0.1, -0.05) is 0 Å². The summed E-state index contributed by atoms with van der Waals surface area (Å²) in [7, 11) is 0. The molecule has 1 atom stereocenters. The molecule has 16 heteroatoms. The van der Waals surface area contributed by atoms with Crippen molar-refractivity contribution in [3.63, 3.8) is 0 Å². The van der Waals surface area contributed by atoms with Gasteiger partial charge in [0.2, 0.25) is 0 Å². The SMILES string of the molecule is CC(N)=NCCSCC(C)(N)C(=O)O.O=C(O)C(F)(F)F.O=C(O)C(F)(F)F. The summed E-state index contributed by atoms with van der Waals surface area (Å²) in [6, 6.07) is 0. The van der Waals surface area contributed by atoms with Crippen molar-refractivity contribution < 1.29 is 56.0 Å². The van der Waals surface area contributed by atoms with Crippen LogP contribution in [-0.2, 0) is 14.4 Å². The maximum atomic E-state index is 10.6. The molecular formula is C12H19F6N3O6S. The summed E-state index contributed by atoms with van der Waals surface area (Å²) in [6.45, 7) is 3.82. The molecule has 0 aliphatic carbocycles. The van der Waals surface area contributed by atoms with Crippen LogP contribution in [0.15, 0.2) is 4.99 Å². The smallest absolute Gasteiger partial charge is 0.480 e. The zero-order valence-electron chi connectivity index (χ0n) is 14.5. The number of thioether (sulfide) groups is 1. The van der Waals surface area contributed by atoms with Gasteiger partial charge in [-0.25, -0.2) is 9.59 Å². The summed E-state index contributed by atoms with van der Waals surface area (Å²) in [6.07, 6.45) is -10.2. The predicted octanol–water partition coefficient (Wildman–Crippen LogP) is 1.17. The fraction of sp³-hybridized carbons (Fsp3) is 0.667. The number of hydrogen-bond donors (Lipinski definition) is 5. The van der Waals surface area contributed by atoms with E-state index in [4.69, 9.17) is 36.4 Å². The van der Waals surface area contributed by atoms with Crippen LogP contribution in [0, 0.1) is 0 Å². The quantitative estimate of drug-likeness (QED) is 0.173. The van der Waals surface area contributed by atoms with Crippen molar-refractivity contribution in [3.05, 3.63) is 0 Å². The molecule has 0 spiro atoms. The minimum Gasteiger partial charge on any atom is -0.480 e. The van der Waals surface area contributed by atoms with Crippen molar-refractivity contribution in [3.8, 4) is 0 Å². The summed E-state index contributed by atoms with van der Waals surface area (Å²) >= 11 is 1.46. The largest absolute Gasteiger partial charge is 0.490 e. The summed E-state index contributed by atoms with van der Waals surface area (Å²) in [4.78, 5) is 32.4. The second-order valence-electron chi connectivity index (χ2n) is 4.90. The zero-order chi connectivity index (χ0) is 23.3. The van der Waals surface area contributed by atoms with E-state index in [1.807, 2.05) is 0 Å². The third-order valence-corrected chi connectivity index (χ3v) is 3.25. The van der Waals surface area contributed by atoms with E-state index in [9.17, 15) is 31.1 Å². The van der Waals surface area contributed by atoms with Gasteiger partial charge < -0.3 is 26.8 Å². The molecule has 0 saturated heterocycles. The zero-order valence-corrected chi connectivity index (χ0v) is 15.3. The lowest BCUT2D eigenvalue weighted by Crippen LogP contribution is -2.47. The molecule has 0 aliphatic rings. The third-order valence-electron chi connectivity index (χ3n) is 1.97. The van der Waals surface area contributed by atoms with Gasteiger partial charge in [0.05, 0.1) is 5.84 Å². The molecule has 0 aliphatic heterocycles. The maximum absolute atomic E-state index is 10.6. The van der Waals surface area contributed by atoms with E-state index >= 15 is 0 Å². The Morgan fingerprint density at radius 3 is 1.46 bits per heavy atom. The highest BCUT2D eigenvalue weighted by Gasteiger charge is 2.38. The van der Waals surface area contributed by atoms with Gasteiger partial charge >= 0.3 is 30.3 Å². The normalized spacial score (nSPS) is 13.8. The Balaban J connectivity index is -0.000000375. The van der Waals surface area contributed by atoms with Crippen LogP contribution in [-0.4, -0.2) is 75.0 Å². The summed E-state index contributed by atoms with van der Waals surface area (Å²) in [5.41, 5.74) is 9.69. The first-order chi connectivity index (χ1) is 12.2. The van der Waals surface area contributed by atoms with Crippen molar-refractivity contribution in [2.75, 3.05) is 18.1 Å². The van der Waals surface area contributed by atoms with Crippen LogP contribution in [0.2, 0.25) is 0 Å². The number of aliphatic carboxylic acids is 3. The van der Waals surface area contributed by atoms with Gasteiger partial charge in [-0.3, -0.25) is 9.79 Å². The van der Waals surface area contributed by atoms with Crippen LogP contribution < -0.4 is 11.5 Å². The van der Waals surface area contributed by atoms with E-state index in [2.05, 4.69) is 4.99 Å². The first-order valence-electron chi connectivity index (χ1n) is 6.72. The van der Waals surface area contributed by atoms with Crippen molar-refractivity contribution >= 4 is 35.5 Å². The standard InChI is InChI=1S/C8H17N3O2S.2C2HF3O2/c1-6(9)11-3-4-14-5-8(2,10)7(12)13;2*3-2(4,5)1(6)7/h3-5,10H2,1-2H3,(H2,9,11)(H,12,13);2*(H,6,7). The molecule has 1 unspecified atom stereocenters. The lowest BCUT2D eigenvalue weighted by molar-refractivity contribution is -0.193. The Bertz CT molecular complexity index is 523. The average molecular weight is 447 g/mol. The number of carbonyl (C=O) groups is 3. The lowest BCUT2D eigenvalue weighted by atomic mass is 10.1. The molecule has 7 N–H and O–H groups in total. The molecule has 0 aromatic carbocycles. The first-order valence-corrected chi connectivity index (χ1v) is 7.87. The van der Waals surface area contributed by atoms with E-state index in [0.717, 1.165) is 5.75 Å². The van der Waals surface area contributed by atoms with Crippen LogP contribution in [0.1, 0.15) is 13.8 Å². The second kappa shape index (κ2) is 13.0. The van der Waals surface area contributed by atoms with Crippen LogP contribution in [0.5, 0.6) is 0 Å². The number of rotatable bonds is 6. The Morgan fingerprint density at radius 2 is 1.25 bits per heavy atom. The minimum atomic E-state index is -5.08. The van der Waals surface area contributed by atoms with Crippen LogP contribution in [0.4, 0.5) is 26.3 Å². The highest BCUT2D eigenvalue weighted by atomic mass is 32.2. The topological polar surface area (TPSA) is 176 Å². The molecule has 0 aromatic rings. The summed E-state index contributed by atoms with van der Waals surface area (Å²) < 4.78 is 63.5. The highest BCUT2D eigenvalue weighted by molar-refractivity contribution is 7.99. The molecule has 0 bridgehead atoms. The number of aliphatic imine (C=N–C) groups is 1. The molecule has 0 aromatic heterocycles. The molecule has 0 amide bonds. The van der Waals surface area contributed by atoms with E-state index in [1.165, 1.54) is 18.7 Å². The molecule has 0 fully saturated rings. The van der Waals surface area contributed by atoms with Gasteiger partial charge in [0.15, 0.2) is 0 Å². The number of amidine groups is 1. The first kappa shape index (κ1) is 30.5. The third kappa shape index (κ3) is 20.1. The molecule has 166 valence electrons. The minimum absolute atomic E-state index is 0.376. The summed E-state index contributed by atoms with van der Waals surface area (Å²) in [5, 5.41) is 23.0. The fourth-order valence-corrected chi connectivity index (χ4v) is 1.54. The maximum Gasteiger partial charge on any atom is 0.490 e. The van der Waals surface area contributed by atoms with Gasteiger partial charge in [-0.15, -0.1) is 0 Å². The van der Waals surface area contributed by atoms with Gasteiger partial charge in [0.25, 0.3) is 0 Å². The summed E-state index contributed by atoms with van der Waals surface area (Å²) in [5.74, 6) is -4.85. The van der Waals surface area contributed by atoms with Crippen LogP contribution in [0.3, 0.4) is 0 Å². The highest BCUT2D eigenvalue weighted by Crippen LogP contribution is 2.13. The number of carboxylic acids is 3. The second-order valence-corrected chi connectivity index (χ2v) is 6.01. The van der Waals surface area contributed by atoms with Crippen molar-refractivity contribution in [2.24, 2.45) is 16.5 Å². The molecule has 28 heavy (non-hydrogen) atoms. The van der Waals surface area contributed by atoms with Crippen molar-refractivity contribution in [1.82, 2.24) is 0 Å². The molecule has 0 saturated carbocycles. The average Bonchev–Trinajstić information content (AvgIpc) is 2.45. The number of carboxylic acid groups (broad SMARTS) is 3. The van der Waals surface area contributed by atoms with Crippen LogP contribution >= 0.6 is 11.8 Å². The number of hydrogen-bond acceptors (Lipinski definition) is 6. The molecule has 0 radical (unpaired) electrons. The number of nitrogens with zero attached hydrogens (tertiary/aromatic N) is 1. The van der Waals surface area contributed by atoms with E-state index in [-0.39, 0.29) is 0 Å². The predicted molar refractivity (Wildman–Crippen MR) is 87.1 cm³/mol. The van der Waals surface area contributed by atoms with Gasteiger partial charge in [-0.2, -0.15) is 38.1 Å². The molecular weight excluding hydrogens is 428 g/mol. The van der Waals surface area contributed by atoms with E-state index in [1.54, 1.807) is 6.92 Å². The number of nitrogens with two attached hydrogens (primary N) is 2. The molecule has 0 heterocycles. The van der Waals surface area contributed by atoms with Gasteiger partial charge in [-0.05, 0) is 13.8 Å². The number of alkyl halides is 6. The molecule has 0 rings (SSSR count). The Labute approximate surface area is 158 Å². The Morgan fingerprint density at radius 1 is 0.929 bits per heavy atom. The molecule has 9 nitrogen and oxygen atoms in total. The van der Waals surface area contributed by atoms with Crippen molar-refractivity contribution in [2.45, 2.75) is 31.7 Å². The van der Waals surface area contributed by atoms with Crippen LogP contribution in [0.25, 0.3) is 0 Å².